The van der Waals surface area contributed by atoms with E-state index in [0.29, 0.717) is 4.91 Å². The van der Waals surface area contributed by atoms with E-state index < -0.39 is 6.23 Å². The summed E-state index contributed by atoms with van der Waals surface area (Å²) < 4.78 is 0. The molecular weight excluding hydrogens is 174 g/mol. The van der Waals surface area contributed by atoms with Gasteiger partial charge in [0, 0.05) is 12.0 Å². The zero-order valence-corrected chi connectivity index (χ0v) is 8.19. The summed E-state index contributed by atoms with van der Waals surface area (Å²) in [5, 5.41) is 13.7. The van der Waals surface area contributed by atoms with Crippen LogP contribution in [0.4, 0.5) is 0 Å². The van der Waals surface area contributed by atoms with Gasteiger partial charge in [0.05, 0.1) is 5.04 Å². The Morgan fingerprint density at radius 3 is 2.75 bits per heavy atom. The van der Waals surface area contributed by atoms with Crippen molar-refractivity contribution < 1.29 is 5.11 Å². The highest BCUT2D eigenvalue weighted by Gasteiger charge is 2.06. The molecule has 0 bridgehead atoms. The third kappa shape index (κ3) is 4.38. The number of thioether (sulfide) groups is 1. The van der Waals surface area contributed by atoms with E-state index in [9.17, 15) is 0 Å². The van der Waals surface area contributed by atoms with E-state index in [2.05, 4.69) is 17.1 Å². The first-order valence-electron chi connectivity index (χ1n) is 3.65. The Balaban J connectivity index is 4.03. The lowest BCUT2D eigenvalue weighted by Crippen LogP contribution is -2.20. The number of hydrogen-bond acceptors (Lipinski definition) is 5. The molecule has 0 radical (unpaired) electrons. The van der Waals surface area contributed by atoms with E-state index in [-0.39, 0.29) is 0 Å². The zero-order valence-electron chi connectivity index (χ0n) is 7.37. The van der Waals surface area contributed by atoms with Gasteiger partial charge < -0.3 is 16.3 Å². The molecule has 4 nitrogen and oxygen atoms in total. The first-order valence-corrected chi connectivity index (χ1v) is 4.47. The summed E-state index contributed by atoms with van der Waals surface area (Å²) >= 11 is 1.30. The van der Waals surface area contributed by atoms with Gasteiger partial charge in [-0.3, -0.25) is 0 Å². The van der Waals surface area contributed by atoms with Crippen LogP contribution < -0.4 is 11.2 Å². The van der Waals surface area contributed by atoms with Crippen molar-refractivity contribution in [1.29, 1.82) is 0 Å². The summed E-state index contributed by atoms with van der Waals surface area (Å²) in [4.78, 5) is 0.505. The summed E-state index contributed by atoms with van der Waals surface area (Å²) in [6.45, 7) is 5.58. The highest BCUT2D eigenvalue weighted by atomic mass is 32.2. The van der Waals surface area contributed by atoms with Crippen molar-refractivity contribution in [3.05, 3.63) is 11.5 Å². The predicted molar refractivity (Wildman–Crippen MR) is 53.7 cm³/mol. The van der Waals surface area contributed by atoms with Gasteiger partial charge in [-0.05, 0) is 6.42 Å². The highest BCUT2D eigenvalue weighted by Crippen LogP contribution is 2.18. The maximum absolute atomic E-state index is 8.92. The minimum atomic E-state index is -0.983. The van der Waals surface area contributed by atoms with Crippen molar-refractivity contribution in [3.8, 4) is 0 Å². The van der Waals surface area contributed by atoms with Crippen molar-refractivity contribution in [2.24, 2.45) is 10.8 Å². The Labute approximate surface area is 76.9 Å². The van der Waals surface area contributed by atoms with E-state index in [4.69, 9.17) is 10.8 Å². The van der Waals surface area contributed by atoms with Crippen LogP contribution in [0.15, 0.2) is 16.6 Å². The van der Waals surface area contributed by atoms with Gasteiger partial charge in [0.2, 0.25) is 0 Å². The van der Waals surface area contributed by atoms with Crippen molar-refractivity contribution in [2.75, 3.05) is 7.05 Å². The molecule has 0 saturated heterocycles. The predicted octanol–water partition coefficient (Wildman–Crippen LogP) is 0.453. The fourth-order valence-corrected chi connectivity index (χ4v) is 1.22. The Hall–Kier alpha value is -0.520. The molecule has 5 heteroatoms. The van der Waals surface area contributed by atoms with Crippen LogP contribution in [0.2, 0.25) is 0 Å². The molecule has 0 saturated carbocycles. The largest absolute Gasteiger partial charge is 0.374 e. The lowest BCUT2D eigenvalue weighted by molar-refractivity contribution is 0.228. The summed E-state index contributed by atoms with van der Waals surface area (Å²) in [7, 11) is 1.72. The second-order valence-electron chi connectivity index (χ2n) is 2.10. The number of hydrazone groups is 1. The standard InChI is InChI=1S/C7H15N3OS/c1-4-6(10-9-3)12-5(2)7(8)11/h7,9,11H,2,4,8H2,1,3H3/b10-6+. The van der Waals surface area contributed by atoms with Gasteiger partial charge in [-0.2, -0.15) is 5.10 Å². The number of rotatable bonds is 4. The number of aliphatic hydroxyl groups excluding tert-OH is 1. The summed E-state index contributed by atoms with van der Waals surface area (Å²) in [5.74, 6) is 0. The molecule has 0 spiro atoms. The van der Waals surface area contributed by atoms with Crippen LogP contribution in [0.5, 0.6) is 0 Å². The van der Waals surface area contributed by atoms with Crippen molar-refractivity contribution in [3.63, 3.8) is 0 Å². The molecule has 70 valence electrons. The third-order valence-electron chi connectivity index (χ3n) is 1.12. The van der Waals surface area contributed by atoms with Crippen LogP contribution in [0.3, 0.4) is 0 Å². The van der Waals surface area contributed by atoms with Crippen LogP contribution in [-0.2, 0) is 0 Å². The Morgan fingerprint density at radius 1 is 1.83 bits per heavy atom. The molecular formula is C7H15N3OS. The second-order valence-corrected chi connectivity index (χ2v) is 3.30. The second kappa shape index (κ2) is 6.05. The molecule has 0 aliphatic rings. The molecule has 0 heterocycles. The topological polar surface area (TPSA) is 70.6 Å². The van der Waals surface area contributed by atoms with Crippen LogP contribution in [0.1, 0.15) is 13.3 Å². The Bertz CT molecular complexity index is 179. The molecule has 0 aliphatic heterocycles. The smallest absolute Gasteiger partial charge is 0.134 e. The summed E-state index contributed by atoms with van der Waals surface area (Å²) in [6.07, 6.45) is -0.194. The number of hydrogen-bond donors (Lipinski definition) is 3. The zero-order chi connectivity index (χ0) is 9.56. The summed E-state index contributed by atoms with van der Waals surface area (Å²) in [6, 6.07) is 0. The molecule has 1 atom stereocenters. The van der Waals surface area contributed by atoms with Gasteiger partial charge in [-0.1, -0.05) is 25.3 Å². The first-order chi connectivity index (χ1) is 5.61. The quantitative estimate of drug-likeness (QED) is 0.260. The average Bonchev–Trinajstić information content (AvgIpc) is 2.03. The first kappa shape index (κ1) is 11.5. The van der Waals surface area contributed by atoms with Gasteiger partial charge in [-0.15, -0.1) is 0 Å². The molecule has 0 aliphatic carbocycles. The maximum atomic E-state index is 8.92. The lowest BCUT2D eigenvalue weighted by Gasteiger charge is -2.08. The van der Waals surface area contributed by atoms with E-state index in [1.807, 2.05) is 6.92 Å². The molecule has 4 N–H and O–H groups in total. The number of aliphatic hydroxyl groups is 1. The average molecular weight is 189 g/mol. The van der Waals surface area contributed by atoms with Crippen LogP contribution in [-0.4, -0.2) is 23.4 Å². The third-order valence-corrected chi connectivity index (χ3v) is 2.24. The molecule has 0 aromatic heterocycles. The van der Waals surface area contributed by atoms with Crippen LogP contribution in [0.25, 0.3) is 0 Å². The SMILES string of the molecule is C=C(S/C(CC)=N/NC)C(N)O. The minimum Gasteiger partial charge on any atom is -0.374 e. The fourth-order valence-electron chi connectivity index (χ4n) is 0.510. The fraction of sp³-hybridized carbons (Fsp3) is 0.571. The Morgan fingerprint density at radius 2 is 2.42 bits per heavy atom. The minimum absolute atomic E-state index is 0.505. The molecule has 0 amide bonds. The number of nitrogens with one attached hydrogen (secondary N) is 1. The van der Waals surface area contributed by atoms with Gasteiger partial charge in [-0.25, -0.2) is 0 Å². The molecule has 0 fully saturated rings. The van der Waals surface area contributed by atoms with Gasteiger partial charge in [0.25, 0.3) is 0 Å². The Kier molecular flexibility index (Phi) is 5.79. The van der Waals surface area contributed by atoms with Gasteiger partial charge in [0.15, 0.2) is 0 Å². The number of nitrogens with two attached hydrogens (primary N) is 1. The molecule has 0 aromatic carbocycles. The highest BCUT2D eigenvalue weighted by molar-refractivity contribution is 8.17. The van der Waals surface area contributed by atoms with E-state index in [1.165, 1.54) is 11.8 Å². The molecule has 0 aromatic rings. The monoisotopic (exact) mass is 189 g/mol. The molecule has 1 unspecified atom stereocenters. The van der Waals surface area contributed by atoms with Crippen LogP contribution >= 0.6 is 11.8 Å². The normalized spacial score (nSPS) is 14.2. The summed E-state index contributed by atoms with van der Waals surface area (Å²) in [5.41, 5.74) is 7.86. The van der Waals surface area contributed by atoms with Crippen LogP contribution in [0, 0.1) is 0 Å². The molecule has 0 rings (SSSR count). The van der Waals surface area contributed by atoms with E-state index >= 15 is 0 Å². The van der Waals surface area contributed by atoms with Crippen molar-refractivity contribution in [2.45, 2.75) is 19.6 Å². The lowest BCUT2D eigenvalue weighted by atomic mass is 10.5. The van der Waals surface area contributed by atoms with Gasteiger partial charge in [0.1, 0.15) is 6.23 Å². The van der Waals surface area contributed by atoms with E-state index in [0.717, 1.165) is 11.5 Å². The van der Waals surface area contributed by atoms with Crippen molar-refractivity contribution in [1.82, 2.24) is 5.43 Å². The maximum Gasteiger partial charge on any atom is 0.134 e. The van der Waals surface area contributed by atoms with E-state index in [1.54, 1.807) is 7.05 Å². The van der Waals surface area contributed by atoms with Gasteiger partial charge >= 0.3 is 0 Å². The van der Waals surface area contributed by atoms with Crippen molar-refractivity contribution >= 4 is 16.8 Å². The molecule has 12 heavy (non-hydrogen) atoms. The number of nitrogens with zero attached hydrogens (tertiary/aromatic N) is 1.